The molecule has 0 unspecified atom stereocenters. The van der Waals surface area contributed by atoms with Gasteiger partial charge in [-0.15, -0.1) is 0 Å². The average molecular weight is 462 g/mol. The molecule has 0 saturated carbocycles. The number of pyridine rings is 1. The van der Waals surface area contributed by atoms with E-state index in [1.165, 1.54) is 16.7 Å². The van der Waals surface area contributed by atoms with Gasteiger partial charge in [0.1, 0.15) is 5.82 Å². The summed E-state index contributed by atoms with van der Waals surface area (Å²) in [5, 5.41) is 3.34. The number of hydrogen-bond acceptors (Lipinski definition) is 2. The molecule has 0 aliphatic carbocycles. The van der Waals surface area contributed by atoms with Crippen molar-refractivity contribution in [2.45, 2.75) is 6.92 Å². The van der Waals surface area contributed by atoms with Gasteiger partial charge in [-0.3, -0.25) is 9.55 Å². The van der Waals surface area contributed by atoms with Gasteiger partial charge >= 0.3 is 0 Å². The molecule has 3 nitrogen and oxygen atoms in total. The van der Waals surface area contributed by atoms with Crippen molar-refractivity contribution in [2.75, 3.05) is 0 Å². The molecule has 0 amide bonds. The van der Waals surface area contributed by atoms with E-state index in [9.17, 15) is 0 Å². The predicted molar refractivity (Wildman–Crippen MR) is 149 cm³/mol. The van der Waals surface area contributed by atoms with Crippen LogP contribution in [-0.4, -0.2) is 14.5 Å². The van der Waals surface area contributed by atoms with Crippen molar-refractivity contribution in [3.05, 3.63) is 127 Å². The summed E-state index contributed by atoms with van der Waals surface area (Å²) in [5.74, 6) is 0.926. The Labute approximate surface area is 209 Å². The Hall–Kier alpha value is -4.76. The van der Waals surface area contributed by atoms with Crippen LogP contribution in [0.15, 0.2) is 121 Å². The topological polar surface area (TPSA) is 30.7 Å². The summed E-state index contributed by atoms with van der Waals surface area (Å²) in [5.41, 5.74) is 8.91. The number of nitrogens with zero attached hydrogens (tertiary/aromatic N) is 3. The van der Waals surface area contributed by atoms with Gasteiger partial charge in [0.15, 0.2) is 0 Å². The second kappa shape index (κ2) is 8.17. The van der Waals surface area contributed by atoms with Gasteiger partial charge in [-0.1, -0.05) is 96.6 Å². The maximum absolute atomic E-state index is 5.26. The second-order valence-corrected chi connectivity index (χ2v) is 9.19. The van der Waals surface area contributed by atoms with Gasteiger partial charge in [-0.2, -0.15) is 0 Å². The Morgan fingerprint density at radius 1 is 0.528 bits per heavy atom. The highest BCUT2D eigenvalue weighted by molar-refractivity contribution is 6.23. The molecule has 0 radical (unpaired) electrons. The lowest BCUT2D eigenvalue weighted by atomic mass is 10.0. The molecule has 5 aromatic carbocycles. The summed E-state index contributed by atoms with van der Waals surface area (Å²) in [4.78, 5) is 10.1. The van der Waals surface area contributed by atoms with Crippen LogP contribution in [0.5, 0.6) is 0 Å². The molecule has 0 N–H and O–H groups in total. The quantitative estimate of drug-likeness (QED) is 0.247. The summed E-state index contributed by atoms with van der Waals surface area (Å²) < 4.78 is 2.29. The SMILES string of the molecule is Cc1ccc(-c2ccc(-n3c(-c4ccccc4)nc4c5ccccc5c5ncccc5c43)cc2)cc1. The number of imidazole rings is 1. The minimum absolute atomic E-state index is 0.926. The van der Waals surface area contributed by atoms with E-state index in [-0.39, 0.29) is 0 Å². The van der Waals surface area contributed by atoms with Crippen LogP contribution < -0.4 is 0 Å². The van der Waals surface area contributed by atoms with Crippen LogP contribution >= 0.6 is 0 Å². The molecule has 0 aliphatic heterocycles. The van der Waals surface area contributed by atoms with Gasteiger partial charge in [0.2, 0.25) is 0 Å². The van der Waals surface area contributed by atoms with Crippen molar-refractivity contribution in [3.8, 4) is 28.2 Å². The summed E-state index contributed by atoms with van der Waals surface area (Å²) in [6, 6.07) is 40.5. The summed E-state index contributed by atoms with van der Waals surface area (Å²) in [6.45, 7) is 2.12. The van der Waals surface area contributed by atoms with Gasteiger partial charge in [0.05, 0.1) is 16.6 Å². The minimum Gasteiger partial charge on any atom is -0.292 e. The van der Waals surface area contributed by atoms with Crippen molar-refractivity contribution in [1.82, 2.24) is 14.5 Å². The molecule has 0 saturated heterocycles. The molecule has 0 atom stereocenters. The van der Waals surface area contributed by atoms with Gasteiger partial charge in [0, 0.05) is 33.6 Å². The van der Waals surface area contributed by atoms with Crippen LogP contribution in [0.25, 0.3) is 60.9 Å². The third kappa shape index (κ3) is 3.21. The van der Waals surface area contributed by atoms with Crippen molar-refractivity contribution in [2.24, 2.45) is 0 Å². The zero-order valence-corrected chi connectivity index (χ0v) is 19.9. The van der Waals surface area contributed by atoms with E-state index in [4.69, 9.17) is 9.97 Å². The van der Waals surface area contributed by atoms with E-state index in [2.05, 4.69) is 115 Å². The van der Waals surface area contributed by atoms with Crippen molar-refractivity contribution >= 4 is 32.7 Å². The molecule has 2 aromatic heterocycles. The highest BCUT2D eigenvalue weighted by Gasteiger charge is 2.20. The van der Waals surface area contributed by atoms with Gasteiger partial charge in [-0.25, -0.2) is 4.98 Å². The Morgan fingerprint density at radius 3 is 1.86 bits per heavy atom. The Kier molecular flexibility index (Phi) is 4.68. The van der Waals surface area contributed by atoms with E-state index in [0.29, 0.717) is 0 Å². The van der Waals surface area contributed by atoms with E-state index in [1.54, 1.807) is 0 Å². The number of fused-ring (bicyclic) bond motifs is 6. The maximum Gasteiger partial charge on any atom is 0.145 e. The Morgan fingerprint density at radius 2 is 1.14 bits per heavy atom. The lowest BCUT2D eigenvalue weighted by Gasteiger charge is -2.13. The van der Waals surface area contributed by atoms with Gasteiger partial charge < -0.3 is 0 Å². The summed E-state index contributed by atoms with van der Waals surface area (Å²) in [6.07, 6.45) is 1.87. The fraction of sp³-hybridized carbons (Fsp3) is 0.0303. The fourth-order valence-electron chi connectivity index (χ4n) is 5.14. The first-order chi connectivity index (χ1) is 17.8. The third-order valence-electron chi connectivity index (χ3n) is 6.92. The number of aryl methyl sites for hydroxylation is 1. The molecule has 0 fully saturated rings. The van der Waals surface area contributed by atoms with Gasteiger partial charge in [0.25, 0.3) is 0 Å². The second-order valence-electron chi connectivity index (χ2n) is 9.19. The Balaban J connectivity index is 1.56. The summed E-state index contributed by atoms with van der Waals surface area (Å²) >= 11 is 0. The molecular formula is C33H23N3. The van der Waals surface area contributed by atoms with Crippen LogP contribution in [0.2, 0.25) is 0 Å². The largest absolute Gasteiger partial charge is 0.292 e. The average Bonchev–Trinajstić information content (AvgIpc) is 3.35. The maximum atomic E-state index is 5.26. The van der Waals surface area contributed by atoms with Crippen LogP contribution in [-0.2, 0) is 0 Å². The smallest absolute Gasteiger partial charge is 0.145 e. The standard InChI is InChI=1S/C33H23N3/c1-22-13-15-23(16-14-22)24-17-19-26(20-18-24)36-32-29-12-7-21-34-30(29)27-10-5-6-11-28(27)31(32)35-33(36)25-8-3-2-4-9-25/h2-21H,1H3. The first kappa shape index (κ1) is 20.6. The van der Waals surface area contributed by atoms with Crippen LogP contribution in [0.3, 0.4) is 0 Å². The van der Waals surface area contributed by atoms with E-state index in [0.717, 1.165) is 49.8 Å². The molecule has 7 aromatic rings. The highest BCUT2D eigenvalue weighted by atomic mass is 15.1. The third-order valence-corrected chi connectivity index (χ3v) is 6.92. The molecule has 2 heterocycles. The normalized spacial score (nSPS) is 11.5. The lowest BCUT2D eigenvalue weighted by molar-refractivity contribution is 1.11. The zero-order valence-electron chi connectivity index (χ0n) is 19.9. The summed E-state index contributed by atoms with van der Waals surface area (Å²) in [7, 11) is 0. The fourth-order valence-corrected chi connectivity index (χ4v) is 5.14. The van der Waals surface area contributed by atoms with Gasteiger partial charge in [-0.05, 0) is 42.3 Å². The van der Waals surface area contributed by atoms with E-state index in [1.807, 2.05) is 18.3 Å². The molecule has 7 rings (SSSR count). The molecule has 3 heteroatoms. The van der Waals surface area contributed by atoms with Crippen LogP contribution in [0.4, 0.5) is 0 Å². The predicted octanol–water partition coefficient (Wildman–Crippen LogP) is 8.37. The van der Waals surface area contributed by atoms with Crippen LogP contribution in [0, 0.1) is 6.92 Å². The first-order valence-electron chi connectivity index (χ1n) is 12.2. The van der Waals surface area contributed by atoms with Crippen molar-refractivity contribution in [1.29, 1.82) is 0 Å². The molecule has 0 aliphatic rings. The van der Waals surface area contributed by atoms with Crippen LogP contribution in [0.1, 0.15) is 5.56 Å². The molecular weight excluding hydrogens is 438 g/mol. The Bertz CT molecular complexity index is 1860. The molecule has 0 spiro atoms. The number of benzene rings is 5. The molecule has 36 heavy (non-hydrogen) atoms. The van der Waals surface area contributed by atoms with Crippen molar-refractivity contribution in [3.63, 3.8) is 0 Å². The zero-order chi connectivity index (χ0) is 24.1. The lowest BCUT2D eigenvalue weighted by Crippen LogP contribution is -1.98. The van der Waals surface area contributed by atoms with E-state index < -0.39 is 0 Å². The molecule has 170 valence electrons. The highest BCUT2D eigenvalue weighted by Crippen LogP contribution is 2.38. The van der Waals surface area contributed by atoms with Crippen molar-refractivity contribution < 1.29 is 0 Å². The minimum atomic E-state index is 0.926. The first-order valence-corrected chi connectivity index (χ1v) is 12.2. The monoisotopic (exact) mass is 461 g/mol. The number of rotatable bonds is 3. The van der Waals surface area contributed by atoms with E-state index >= 15 is 0 Å². The number of aromatic nitrogens is 3. The number of hydrogen-bond donors (Lipinski definition) is 0. The molecule has 0 bridgehead atoms.